The number of fused-ring (bicyclic) bond motifs is 1. The quantitative estimate of drug-likeness (QED) is 0.870. The number of nitrogens with one attached hydrogen (secondary N) is 1. The Morgan fingerprint density at radius 2 is 2.00 bits per heavy atom. The van der Waals surface area contributed by atoms with Crippen LogP contribution < -0.4 is 14.8 Å². The molecule has 1 aromatic carbocycles. The highest BCUT2D eigenvalue weighted by atomic mass is 127. The topological polar surface area (TPSA) is 30.5 Å². The Hall–Kier alpha value is -0.650. The predicted octanol–water partition coefficient (Wildman–Crippen LogP) is 2.84. The first-order valence-corrected chi connectivity index (χ1v) is 6.24. The van der Waals surface area contributed by atoms with Gasteiger partial charge in [0.2, 0.25) is 6.79 Å². The first-order valence-electron chi connectivity index (χ1n) is 5.16. The zero-order valence-electron chi connectivity index (χ0n) is 8.25. The van der Waals surface area contributed by atoms with Crippen LogP contribution >= 0.6 is 22.6 Å². The lowest BCUT2D eigenvalue weighted by atomic mass is 10.2. The second-order valence-corrected chi connectivity index (χ2v) is 5.17. The molecule has 0 bridgehead atoms. The normalized spacial score (nSPS) is 17.9. The Kier molecular flexibility index (Phi) is 2.38. The highest BCUT2D eigenvalue weighted by Crippen LogP contribution is 2.38. The van der Waals surface area contributed by atoms with E-state index in [2.05, 4.69) is 27.9 Å². The largest absolute Gasteiger partial charge is 0.454 e. The van der Waals surface area contributed by atoms with E-state index in [1.54, 1.807) is 0 Å². The van der Waals surface area contributed by atoms with E-state index in [0.717, 1.165) is 29.6 Å². The third kappa shape index (κ3) is 2.00. The molecular weight excluding hydrogens is 305 g/mol. The molecule has 1 aliphatic heterocycles. The maximum absolute atomic E-state index is 5.35. The van der Waals surface area contributed by atoms with Gasteiger partial charge in [0.15, 0.2) is 11.5 Å². The molecule has 15 heavy (non-hydrogen) atoms. The van der Waals surface area contributed by atoms with Crippen molar-refractivity contribution in [3.05, 3.63) is 15.7 Å². The minimum absolute atomic E-state index is 0.345. The molecule has 0 amide bonds. The van der Waals surface area contributed by atoms with Gasteiger partial charge in [0.05, 0.1) is 5.69 Å². The minimum Gasteiger partial charge on any atom is -0.454 e. The monoisotopic (exact) mass is 317 g/mol. The molecule has 0 unspecified atom stereocenters. The lowest BCUT2D eigenvalue weighted by Gasteiger charge is -2.08. The molecule has 0 atom stereocenters. The number of ether oxygens (including phenoxy) is 2. The van der Waals surface area contributed by atoms with Crippen molar-refractivity contribution in [2.45, 2.75) is 12.8 Å². The summed E-state index contributed by atoms with van der Waals surface area (Å²) in [6.45, 7) is 1.42. The van der Waals surface area contributed by atoms with Gasteiger partial charge in [0, 0.05) is 16.2 Å². The smallest absolute Gasteiger partial charge is 0.231 e. The van der Waals surface area contributed by atoms with Crippen molar-refractivity contribution >= 4 is 28.3 Å². The summed E-state index contributed by atoms with van der Waals surface area (Å²) in [5.41, 5.74) is 1.16. The van der Waals surface area contributed by atoms with Gasteiger partial charge < -0.3 is 14.8 Å². The number of benzene rings is 1. The van der Waals surface area contributed by atoms with E-state index in [9.17, 15) is 0 Å². The summed E-state index contributed by atoms with van der Waals surface area (Å²) in [7, 11) is 0. The van der Waals surface area contributed by atoms with E-state index in [-0.39, 0.29) is 0 Å². The second-order valence-electron chi connectivity index (χ2n) is 4.01. The van der Waals surface area contributed by atoms with Crippen LogP contribution in [0.3, 0.4) is 0 Å². The molecule has 0 aromatic heterocycles. The third-order valence-electron chi connectivity index (χ3n) is 2.74. The molecule has 1 saturated carbocycles. The van der Waals surface area contributed by atoms with Crippen LogP contribution in [0.1, 0.15) is 12.8 Å². The first kappa shape index (κ1) is 9.57. The molecule has 3 nitrogen and oxygen atoms in total. The fourth-order valence-corrected chi connectivity index (χ4v) is 2.26. The van der Waals surface area contributed by atoms with E-state index in [0.29, 0.717) is 6.79 Å². The second kappa shape index (κ2) is 3.73. The summed E-state index contributed by atoms with van der Waals surface area (Å²) in [4.78, 5) is 0. The van der Waals surface area contributed by atoms with E-state index in [4.69, 9.17) is 9.47 Å². The zero-order chi connectivity index (χ0) is 10.3. The summed E-state index contributed by atoms with van der Waals surface area (Å²) in [6.07, 6.45) is 2.74. The van der Waals surface area contributed by atoms with Gasteiger partial charge in [-0.05, 0) is 47.4 Å². The first-order chi connectivity index (χ1) is 7.33. The predicted molar refractivity (Wildman–Crippen MR) is 66.5 cm³/mol. The van der Waals surface area contributed by atoms with Gasteiger partial charge in [0.1, 0.15) is 0 Å². The van der Waals surface area contributed by atoms with Crippen LogP contribution in [0.15, 0.2) is 12.1 Å². The van der Waals surface area contributed by atoms with E-state index < -0.39 is 0 Å². The number of hydrogen-bond donors (Lipinski definition) is 1. The zero-order valence-corrected chi connectivity index (χ0v) is 10.4. The maximum atomic E-state index is 5.35. The Morgan fingerprint density at radius 3 is 2.73 bits per heavy atom. The van der Waals surface area contributed by atoms with E-state index >= 15 is 0 Å². The molecule has 1 aliphatic carbocycles. The number of hydrogen-bond acceptors (Lipinski definition) is 3. The lowest BCUT2D eigenvalue weighted by molar-refractivity contribution is 0.174. The molecule has 0 saturated heterocycles. The van der Waals surface area contributed by atoms with Crippen LogP contribution in [0.5, 0.6) is 11.5 Å². The molecule has 1 N–H and O–H groups in total. The summed E-state index contributed by atoms with van der Waals surface area (Å²) in [5.74, 6) is 2.59. The third-order valence-corrected chi connectivity index (χ3v) is 3.63. The SMILES string of the molecule is Ic1cc2c(cc1NCC1CC1)OCO2. The molecule has 80 valence electrons. The van der Waals surface area contributed by atoms with Gasteiger partial charge in [-0.25, -0.2) is 0 Å². The molecule has 1 heterocycles. The molecule has 3 rings (SSSR count). The average molecular weight is 317 g/mol. The Bertz CT molecular complexity index is 390. The fraction of sp³-hybridized carbons (Fsp3) is 0.455. The number of anilines is 1. The van der Waals surface area contributed by atoms with Crippen LogP contribution in [0.2, 0.25) is 0 Å². The average Bonchev–Trinajstić information content (AvgIpc) is 2.94. The summed E-state index contributed by atoms with van der Waals surface area (Å²) < 4.78 is 11.9. The van der Waals surface area contributed by atoms with Crippen LogP contribution in [-0.2, 0) is 0 Å². The number of halogens is 1. The molecule has 1 fully saturated rings. The van der Waals surface area contributed by atoms with Crippen molar-refractivity contribution < 1.29 is 9.47 Å². The van der Waals surface area contributed by atoms with Crippen molar-refractivity contribution in [3.8, 4) is 11.5 Å². The van der Waals surface area contributed by atoms with Gasteiger partial charge in [0.25, 0.3) is 0 Å². The molecule has 0 radical (unpaired) electrons. The summed E-state index contributed by atoms with van der Waals surface area (Å²) in [5, 5.41) is 3.46. The van der Waals surface area contributed by atoms with Crippen LogP contribution in [0, 0.1) is 9.49 Å². The Balaban J connectivity index is 1.80. The maximum Gasteiger partial charge on any atom is 0.231 e. The van der Waals surface area contributed by atoms with Gasteiger partial charge in [-0.2, -0.15) is 0 Å². The summed E-state index contributed by atoms with van der Waals surface area (Å²) >= 11 is 2.32. The Morgan fingerprint density at radius 1 is 1.27 bits per heavy atom. The van der Waals surface area contributed by atoms with Gasteiger partial charge >= 0.3 is 0 Å². The standard InChI is InChI=1S/C11H12INO2/c12-8-3-10-11(15-6-14-10)4-9(8)13-5-7-1-2-7/h3-4,7,13H,1-2,5-6H2. The van der Waals surface area contributed by atoms with Crippen molar-refractivity contribution in [3.63, 3.8) is 0 Å². The summed E-state index contributed by atoms with van der Waals surface area (Å²) in [6, 6.07) is 4.06. The molecular formula is C11H12INO2. The van der Waals surface area contributed by atoms with Crippen LogP contribution in [-0.4, -0.2) is 13.3 Å². The van der Waals surface area contributed by atoms with Crippen molar-refractivity contribution in [2.75, 3.05) is 18.7 Å². The van der Waals surface area contributed by atoms with Crippen molar-refractivity contribution in [2.24, 2.45) is 5.92 Å². The van der Waals surface area contributed by atoms with Gasteiger partial charge in [-0.1, -0.05) is 0 Å². The molecule has 0 spiro atoms. The fourth-order valence-electron chi connectivity index (χ4n) is 1.63. The Labute approximate surface area is 102 Å². The molecule has 1 aromatic rings. The van der Waals surface area contributed by atoms with Crippen LogP contribution in [0.4, 0.5) is 5.69 Å². The lowest BCUT2D eigenvalue weighted by Crippen LogP contribution is -2.04. The van der Waals surface area contributed by atoms with E-state index in [1.165, 1.54) is 16.4 Å². The molecule has 2 aliphatic rings. The van der Waals surface area contributed by atoms with Crippen molar-refractivity contribution in [1.82, 2.24) is 0 Å². The van der Waals surface area contributed by atoms with Crippen LogP contribution in [0.25, 0.3) is 0 Å². The minimum atomic E-state index is 0.345. The highest BCUT2D eigenvalue weighted by molar-refractivity contribution is 14.1. The molecule has 4 heteroatoms. The highest BCUT2D eigenvalue weighted by Gasteiger charge is 2.22. The van der Waals surface area contributed by atoms with Gasteiger partial charge in [-0.15, -0.1) is 0 Å². The van der Waals surface area contributed by atoms with Gasteiger partial charge in [-0.3, -0.25) is 0 Å². The van der Waals surface area contributed by atoms with Crippen molar-refractivity contribution in [1.29, 1.82) is 0 Å². The van der Waals surface area contributed by atoms with E-state index in [1.807, 2.05) is 12.1 Å². The number of rotatable bonds is 3.